The van der Waals surface area contributed by atoms with Crippen molar-refractivity contribution in [2.24, 2.45) is 0 Å². The van der Waals surface area contributed by atoms with Crippen LogP contribution in [0.15, 0.2) is 54.6 Å². The van der Waals surface area contributed by atoms with E-state index in [0.29, 0.717) is 13.0 Å². The maximum absolute atomic E-state index is 12.4. The number of piperazine rings is 1. The Kier molecular flexibility index (Phi) is 8.26. The van der Waals surface area contributed by atoms with Crippen molar-refractivity contribution in [2.45, 2.75) is 38.6 Å². The van der Waals surface area contributed by atoms with E-state index in [1.807, 2.05) is 6.07 Å². The minimum absolute atomic E-state index is 0.171. The lowest BCUT2D eigenvalue weighted by Gasteiger charge is -2.38. The summed E-state index contributed by atoms with van der Waals surface area (Å²) in [7, 11) is 2.18. The highest BCUT2D eigenvalue weighted by Gasteiger charge is 2.24. The summed E-state index contributed by atoms with van der Waals surface area (Å²) in [5, 5.41) is 3.21. The van der Waals surface area contributed by atoms with Gasteiger partial charge in [-0.1, -0.05) is 60.2 Å². The van der Waals surface area contributed by atoms with Crippen LogP contribution in [0.4, 0.5) is 0 Å². The van der Waals surface area contributed by atoms with Crippen LogP contribution in [0, 0.1) is 6.92 Å². The van der Waals surface area contributed by atoms with E-state index < -0.39 is 0 Å². The Morgan fingerprint density at radius 1 is 0.966 bits per heavy atom. The summed E-state index contributed by atoms with van der Waals surface area (Å²) in [6.07, 6.45) is 3.64. The lowest BCUT2D eigenvalue weighted by atomic mass is 10.0. The maximum atomic E-state index is 12.4. The standard InChI is InChI=1S/C25H35N3O/c1-21-12-14-23(15-13-21)24(28-18-16-27(2)17-19-28)20-26-25(29)11-7-6-10-22-8-4-3-5-9-22/h3-5,8-9,12-15,24H,6-7,10-11,16-20H2,1-2H3,(H,26,29). The van der Waals surface area contributed by atoms with Crippen molar-refractivity contribution < 1.29 is 4.79 Å². The highest BCUT2D eigenvalue weighted by atomic mass is 16.1. The zero-order valence-electron chi connectivity index (χ0n) is 17.9. The second kappa shape index (κ2) is 11.1. The molecule has 0 aromatic heterocycles. The summed E-state index contributed by atoms with van der Waals surface area (Å²) in [6, 6.07) is 19.5. The van der Waals surface area contributed by atoms with Crippen LogP contribution in [0.3, 0.4) is 0 Å². The van der Waals surface area contributed by atoms with Crippen molar-refractivity contribution in [1.29, 1.82) is 0 Å². The van der Waals surface area contributed by atoms with Crippen molar-refractivity contribution in [3.63, 3.8) is 0 Å². The number of nitrogens with one attached hydrogen (secondary N) is 1. The van der Waals surface area contributed by atoms with Crippen LogP contribution in [0.25, 0.3) is 0 Å². The smallest absolute Gasteiger partial charge is 0.220 e. The first kappa shape index (κ1) is 21.5. The second-order valence-corrected chi connectivity index (χ2v) is 8.26. The zero-order valence-corrected chi connectivity index (χ0v) is 17.9. The van der Waals surface area contributed by atoms with Gasteiger partial charge in [-0.05, 0) is 44.4 Å². The average Bonchev–Trinajstić information content (AvgIpc) is 2.74. The summed E-state index contributed by atoms with van der Waals surface area (Å²) in [5.41, 5.74) is 3.92. The molecule has 1 saturated heterocycles. The summed E-state index contributed by atoms with van der Waals surface area (Å²) >= 11 is 0. The summed E-state index contributed by atoms with van der Waals surface area (Å²) in [5.74, 6) is 0.171. The van der Waals surface area contributed by atoms with Gasteiger partial charge in [0, 0.05) is 39.1 Å². The van der Waals surface area contributed by atoms with Crippen molar-refractivity contribution >= 4 is 5.91 Å². The van der Waals surface area contributed by atoms with Crippen LogP contribution in [0.2, 0.25) is 0 Å². The molecule has 1 aliphatic heterocycles. The molecule has 1 heterocycles. The summed E-state index contributed by atoms with van der Waals surface area (Å²) in [6.45, 7) is 7.05. The monoisotopic (exact) mass is 393 g/mol. The minimum Gasteiger partial charge on any atom is -0.354 e. The van der Waals surface area contributed by atoms with Gasteiger partial charge in [-0.3, -0.25) is 9.69 Å². The number of carbonyl (C=O) groups is 1. The Balaban J connectivity index is 1.48. The van der Waals surface area contributed by atoms with Crippen LogP contribution in [-0.4, -0.2) is 55.5 Å². The molecule has 1 atom stereocenters. The quantitative estimate of drug-likeness (QED) is 0.658. The molecule has 0 bridgehead atoms. The van der Waals surface area contributed by atoms with E-state index in [-0.39, 0.29) is 11.9 Å². The third-order valence-corrected chi connectivity index (χ3v) is 5.90. The van der Waals surface area contributed by atoms with E-state index in [4.69, 9.17) is 0 Å². The predicted molar refractivity (Wildman–Crippen MR) is 120 cm³/mol. The lowest BCUT2D eigenvalue weighted by molar-refractivity contribution is -0.121. The van der Waals surface area contributed by atoms with Gasteiger partial charge in [0.15, 0.2) is 0 Å². The van der Waals surface area contributed by atoms with E-state index in [0.717, 1.165) is 45.4 Å². The summed E-state index contributed by atoms with van der Waals surface area (Å²) in [4.78, 5) is 17.3. The van der Waals surface area contributed by atoms with Crippen LogP contribution >= 0.6 is 0 Å². The maximum Gasteiger partial charge on any atom is 0.220 e. The second-order valence-electron chi connectivity index (χ2n) is 8.26. The first-order valence-corrected chi connectivity index (χ1v) is 10.9. The van der Waals surface area contributed by atoms with Crippen LogP contribution in [0.1, 0.15) is 42.0 Å². The molecule has 0 radical (unpaired) electrons. The first-order chi connectivity index (χ1) is 14.1. The average molecular weight is 394 g/mol. The third-order valence-electron chi connectivity index (χ3n) is 5.90. The topological polar surface area (TPSA) is 35.6 Å². The Morgan fingerprint density at radius 2 is 1.66 bits per heavy atom. The summed E-state index contributed by atoms with van der Waals surface area (Å²) < 4.78 is 0. The Morgan fingerprint density at radius 3 is 2.34 bits per heavy atom. The van der Waals surface area contributed by atoms with Crippen molar-refractivity contribution in [1.82, 2.24) is 15.1 Å². The van der Waals surface area contributed by atoms with Gasteiger partial charge in [0.2, 0.25) is 5.91 Å². The van der Waals surface area contributed by atoms with Gasteiger partial charge in [-0.2, -0.15) is 0 Å². The van der Waals surface area contributed by atoms with E-state index in [1.165, 1.54) is 16.7 Å². The van der Waals surface area contributed by atoms with E-state index in [9.17, 15) is 4.79 Å². The van der Waals surface area contributed by atoms with Crippen molar-refractivity contribution in [2.75, 3.05) is 39.8 Å². The van der Waals surface area contributed by atoms with Crippen LogP contribution in [0.5, 0.6) is 0 Å². The molecule has 0 saturated carbocycles. The molecule has 0 aliphatic carbocycles. The molecule has 4 heteroatoms. The minimum atomic E-state index is 0.171. The number of benzene rings is 2. The SMILES string of the molecule is Cc1ccc(C(CNC(=O)CCCCc2ccccc2)N2CCN(C)CC2)cc1. The number of likely N-dealkylation sites (N-methyl/N-ethyl adjacent to an activating group) is 1. The number of hydrogen-bond donors (Lipinski definition) is 1. The number of carbonyl (C=O) groups excluding carboxylic acids is 1. The third kappa shape index (κ3) is 6.98. The highest BCUT2D eigenvalue weighted by Crippen LogP contribution is 2.22. The van der Waals surface area contributed by atoms with Gasteiger partial charge < -0.3 is 10.2 Å². The molecule has 2 aromatic rings. The van der Waals surface area contributed by atoms with Crippen molar-refractivity contribution in [3.05, 3.63) is 71.3 Å². The number of aryl methyl sites for hydroxylation is 2. The first-order valence-electron chi connectivity index (χ1n) is 10.9. The fraction of sp³-hybridized carbons (Fsp3) is 0.480. The van der Waals surface area contributed by atoms with E-state index >= 15 is 0 Å². The fourth-order valence-corrected chi connectivity index (χ4v) is 3.94. The Hall–Kier alpha value is -2.17. The number of unbranched alkanes of at least 4 members (excludes halogenated alkanes) is 1. The molecule has 156 valence electrons. The molecule has 1 N–H and O–H groups in total. The molecule has 0 spiro atoms. The zero-order chi connectivity index (χ0) is 20.5. The van der Waals surface area contributed by atoms with Gasteiger partial charge in [0.25, 0.3) is 0 Å². The number of rotatable bonds is 9. The van der Waals surface area contributed by atoms with Gasteiger partial charge >= 0.3 is 0 Å². The van der Waals surface area contributed by atoms with Gasteiger partial charge in [0.05, 0.1) is 6.04 Å². The van der Waals surface area contributed by atoms with Gasteiger partial charge in [0.1, 0.15) is 0 Å². The fourth-order valence-electron chi connectivity index (χ4n) is 3.94. The number of amides is 1. The molecular weight excluding hydrogens is 358 g/mol. The molecule has 3 rings (SSSR count). The predicted octanol–water partition coefficient (Wildman–Crippen LogP) is 3.81. The van der Waals surface area contributed by atoms with Gasteiger partial charge in [-0.15, -0.1) is 0 Å². The lowest BCUT2D eigenvalue weighted by Crippen LogP contribution is -2.48. The van der Waals surface area contributed by atoms with Crippen LogP contribution < -0.4 is 5.32 Å². The highest BCUT2D eigenvalue weighted by molar-refractivity contribution is 5.75. The van der Waals surface area contributed by atoms with E-state index in [1.54, 1.807) is 0 Å². The molecule has 1 aliphatic rings. The Bertz CT molecular complexity index is 736. The molecule has 4 nitrogen and oxygen atoms in total. The van der Waals surface area contributed by atoms with Gasteiger partial charge in [-0.25, -0.2) is 0 Å². The molecule has 1 fully saturated rings. The number of hydrogen-bond acceptors (Lipinski definition) is 3. The molecule has 2 aromatic carbocycles. The largest absolute Gasteiger partial charge is 0.354 e. The molecule has 1 unspecified atom stereocenters. The van der Waals surface area contributed by atoms with Crippen molar-refractivity contribution in [3.8, 4) is 0 Å². The molecule has 29 heavy (non-hydrogen) atoms. The molecule has 1 amide bonds. The van der Waals surface area contributed by atoms with Crippen LogP contribution in [-0.2, 0) is 11.2 Å². The molecular formula is C25H35N3O. The van der Waals surface area contributed by atoms with E-state index in [2.05, 4.69) is 77.6 Å². The Labute approximate surface area is 175 Å². The number of nitrogens with zero attached hydrogens (tertiary/aromatic N) is 2. The normalized spacial score (nSPS) is 16.5.